The van der Waals surface area contributed by atoms with E-state index in [1.54, 1.807) is 0 Å². The molecular formula is C11H19N3O2. The van der Waals surface area contributed by atoms with E-state index >= 15 is 0 Å². The molecule has 16 heavy (non-hydrogen) atoms. The van der Waals surface area contributed by atoms with Crippen molar-refractivity contribution in [2.75, 3.05) is 32.8 Å². The van der Waals surface area contributed by atoms with Gasteiger partial charge >= 0.3 is 0 Å². The molecule has 2 fully saturated rings. The first-order valence-corrected chi connectivity index (χ1v) is 5.99. The van der Waals surface area contributed by atoms with Gasteiger partial charge in [-0.2, -0.15) is 5.10 Å². The van der Waals surface area contributed by atoms with Gasteiger partial charge in [-0.25, -0.2) is 5.43 Å². The smallest absolute Gasteiger partial charge is 0.254 e. The van der Waals surface area contributed by atoms with Crippen molar-refractivity contribution in [3.05, 3.63) is 0 Å². The van der Waals surface area contributed by atoms with Crippen LogP contribution in [-0.2, 0) is 9.53 Å². The SMILES string of the molecule is O=C(CN1CCOCC1)NN=C1CCCC1. The van der Waals surface area contributed by atoms with E-state index in [0.29, 0.717) is 6.54 Å². The number of nitrogens with zero attached hydrogens (tertiary/aromatic N) is 2. The van der Waals surface area contributed by atoms with Crippen molar-refractivity contribution >= 4 is 11.6 Å². The quantitative estimate of drug-likeness (QED) is 0.706. The van der Waals surface area contributed by atoms with Gasteiger partial charge in [0.2, 0.25) is 0 Å². The molecule has 2 rings (SSSR count). The topological polar surface area (TPSA) is 53.9 Å². The van der Waals surface area contributed by atoms with Crippen LogP contribution in [0.3, 0.4) is 0 Å². The summed E-state index contributed by atoms with van der Waals surface area (Å²) in [6.45, 7) is 3.55. The van der Waals surface area contributed by atoms with E-state index in [-0.39, 0.29) is 5.91 Å². The summed E-state index contributed by atoms with van der Waals surface area (Å²) in [5, 5.41) is 4.15. The van der Waals surface area contributed by atoms with Crippen molar-refractivity contribution in [3.63, 3.8) is 0 Å². The van der Waals surface area contributed by atoms with Crippen LogP contribution < -0.4 is 5.43 Å². The van der Waals surface area contributed by atoms with Gasteiger partial charge in [0.1, 0.15) is 0 Å². The molecule has 1 amide bonds. The van der Waals surface area contributed by atoms with Gasteiger partial charge in [0, 0.05) is 18.8 Å². The highest BCUT2D eigenvalue weighted by molar-refractivity contribution is 5.88. The molecule has 5 nitrogen and oxygen atoms in total. The Morgan fingerprint density at radius 3 is 2.69 bits per heavy atom. The Hall–Kier alpha value is -0.940. The summed E-state index contributed by atoms with van der Waals surface area (Å²) in [4.78, 5) is 13.7. The van der Waals surface area contributed by atoms with E-state index in [1.165, 1.54) is 12.8 Å². The van der Waals surface area contributed by atoms with Gasteiger partial charge in [-0.1, -0.05) is 0 Å². The number of hydrogen-bond donors (Lipinski definition) is 1. The van der Waals surface area contributed by atoms with Crippen LogP contribution >= 0.6 is 0 Å². The van der Waals surface area contributed by atoms with Gasteiger partial charge in [0.05, 0.1) is 19.8 Å². The van der Waals surface area contributed by atoms with Gasteiger partial charge in [-0.3, -0.25) is 9.69 Å². The first-order chi connectivity index (χ1) is 7.84. The Morgan fingerprint density at radius 1 is 1.31 bits per heavy atom. The van der Waals surface area contributed by atoms with Crippen LogP contribution in [0.4, 0.5) is 0 Å². The Morgan fingerprint density at radius 2 is 2.00 bits per heavy atom. The highest BCUT2D eigenvalue weighted by Crippen LogP contribution is 2.13. The summed E-state index contributed by atoms with van der Waals surface area (Å²) in [7, 11) is 0. The number of nitrogens with one attached hydrogen (secondary N) is 1. The van der Waals surface area contributed by atoms with E-state index in [2.05, 4.69) is 15.4 Å². The first-order valence-electron chi connectivity index (χ1n) is 5.99. The molecule has 90 valence electrons. The third-order valence-electron chi connectivity index (χ3n) is 2.99. The average Bonchev–Trinajstić information content (AvgIpc) is 2.81. The van der Waals surface area contributed by atoms with Gasteiger partial charge in [-0.05, 0) is 25.7 Å². The van der Waals surface area contributed by atoms with Gasteiger partial charge in [0.25, 0.3) is 5.91 Å². The standard InChI is InChI=1S/C11H19N3O2/c15-11(9-14-5-7-16-8-6-14)13-12-10-3-1-2-4-10/h1-9H2,(H,13,15). The highest BCUT2D eigenvalue weighted by atomic mass is 16.5. The number of carbonyl (C=O) groups excluding carboxylic acids is 1. The maximum absolute atomic E-state index is 11.6. The number of amides is 1. The molecule has 2 aliphatic rings. The zero-order chi connectivity index (χ0) is 11.2. The molecule has 1 saturated carbocycles. The second kappa shape index (κ2) is 5.96. The van der Waals surface area contributed by atoms with Crippen molar-refractivity contribution in [2.45, 2.75) is 25.7 Å². The van der Waals surface area contributed by atoms with Crippen LogP contribution in [0.2, 0.25) is 0 Å². The summed E-state index contributed by atoms with van der Waals surface area (Å²) >= 11 is 0. The maximum atomic E-state index is 11.6. The zero-order valence-corrected chi connectivity index (χ0v) is 9.57. The van der Waals surface area contributed by atoms with Crippen molar-refractivity contribution in [1.29, 1.82) is 0 Å². The maximum Gasteiger partial charge on any atom is 0.254 e. The van der Waals surface area contributed by atoms with E-state index in [9.17, 15) is 4.79 Å². The summed E-state index contributed by atoms with van der Waals surface area (Å²) in [6.07, 6.45) is 4.49. The van der Waals surface area contributed by atoms with E-state index in [4.69, 9.17) is 4.74 Å². The summed E-state index contributed by atoms with van der Waals surface area (Å²) < 4.78 is 5.22. The van der Waals surface area contributed by atoms with Crippen LogP contribution in [0, 0.1) is 0 Å². The summed E-state index contributed by atoms with van der Waals surface area (Å²) in [5.41, 5.74) is 3.77. The lowest BCUT2D eigenvalue weighted by Gasteiger charge is -2.25. The van der Waals surface area contributed by atoms with Crippen molar-refractivity contribution in [3.8, 4) is 0 Å². The zero-order valence-electron chi connectivity index (χ0n) is 9.57. The fraction of sp³-hybridized carbons (Fsp3) is 0.818. The Labute approximate surface area is 95.8 Å². The lowest BCUT2D eigenvalue weighted by Crippen LogP contribution is -2.42. The lowest BCUT2D eigenvalue weighted by atomic mass is 10.3. The molecule has 0 radical (unpaired) electrons. The third kappa shape index (κ3) is 3.57. The van der Waals surface area contributed by atoms with Gasteiger partial charge in [-0.15, -0.1) is 0 Å². The Balaban J connectivity index is 1.68. The first kappa shape index (κ1) is 11.5. The largest absolute Gasteiger partial charge is 0.379 e. The molecule has 1 aliphatic heterocycles. The minimum Gasteiger partial charge on any atom is -0.379 e. The molecule has 1 heterocycles. The van der Waals surface area contributed by atoms with Crippen LogP contribution in [0.25, 0.3) is 0 Å². The minimum atomic E-state index is -0.0127. The number of morpholine rings is 1. The monoisotopic (exact) mass is 225 g/mol. The molecule has 1 N–H and O–H groups in total. The van der Waals surface area contributed by atoms with Crippen molar-refractivity contribution in [1.82, 2.24) is 10.3 Å². The lowest BCUT2D eigenvalue weighted by molar-refractivity contribution is -0.123. The average molecular weight is 225 g/mol. The summed E-state index contributed by atoms with van der Waals surface area (Å²) in [6, 6.07) is 0. The molecular weight excluding hydrogens is 206 g/mol. The predicted octanol–water partition coefficient (Wildman–Crippen LogP) is 0.365. The highest BCUT2D eigenvalue weighted by Gasteiger charge is 2.14. The molecule has 0 atom stereocenters. The molecule has 0 unspecified atom stereocenters. The minimum absolute atomic E-state index is 0.0127. The molecule has 1 saturated heterocycles. The fourth-order valence-electron chi connectivity index (χ4n) is 2.03. The second-order valence-corrected chi connectivity index (χ2v) is 4.31. The molecule has 0 aromatic carbocycles. The van der Waals surface area contributed by atoms with Crippen LogP contribution in [0.5, 0.6) is 0 Å². The molecule has 1 aliphatic carbocycles. The number of carbonyl (C=O) groups is 1. The number of ether oxygens (including phenoxy) is 1. The second-order valence-electron chi connectivity index (χ2n) is 4.31. The van der Waals surface area contributed by atoms with Gasteiger partial charge in [0.15, 0.2) is 0 Å². The van der Waals surface area contributed by atoms with Crippen LogP contribution in [0.15, 0.2) is 5.10 Å². The fourth-order valence-corrected chi connectivity index (χ4v) is 2.03. The normalized spacial score (nSPS) is 22.1. The molecule has 0 aromatic rings. The Bertz CT molecular complexity index is 264. The number of rotatable bonds is 3. The number of hydrazone groups is 1. The van der Waals surface area contributed by atoms with Crippen molar-refractivity contribution < 1.29 is 9.53 Å². The van der Waals surface area contributed by atoms with Crippen LogP contribution in [0.1, 0.15) is 25.7 Å². The van der Waals surface area contributed by atoms with E-state index in [1.807, 2.05) is 0 Å². The molecule has 0 aromatic heterocycles. The molecule has 5 heteroatoms. The Kier molecular flexibility index (Phi) is 4.30. The molecule has 0 spiro atoms. The predicted molar refractivity (Wildman–Crippen MR) is 61.3 cm³/mol. The van der Waals surface area contributed by atoms with Gasteiger partial charge < -0.3 is 4.74 Å². The van der Waals surface area contributed by atoms with Crippen LogP contribution in [-0.4, -0.2) is 49.4 Å². The molecule has 0 bridgehead atoms. The number of hydrogen-bond acceptors (Lipinski definition) is 4. The van der Waals surface area contributed by atoms with E-state index in [0.717, 1.165) is 44.9 Å². The third-order valence-corrected chi connectivity index (χ3v) is 2.99. The van der Waals surface area contributed by atoms with Crippen molar-refractivity contribution in [2.24, 2.45) is 5.10 Å². The summed E-state index contributed by atoms with van der Waals surface area (Å²) in [5.74, 6) is -0.0127. The van der Waals surface area contributed by atoms with E-state index < -0.39 is 0 Å².